The summed E-state index contributed by atoms with van der Waals surface area (Å²) in [6.45, 7) is 1.52. The normalized spacial score (nSPS) is 16.1. The Morgan fingerprint density at radius 1 is 1.05 bits per heavy atom. The number of nitrogens with zero attached hydrogens (tertiary/aromatic N) is 3. The van der Waals surface area contributed by atoms with E-state index in [0.29, 0.717) is 22.7 Å². The first kappa shape index (κ1) is 28.0. The molecule has 3 aromatic rings. The Kier molecular flexibility index (Phi) is 7.66. The first-order chi connectivity index (χ1) is 18.3. The smallest absolute Gasteiger partial charge is 0.348 e. The van der Waals surface area contributed by atoms with Gasteiger partial charge in [0.05, 0.1) is 16.1 Å². The highest BCUT2D eigenvalue weighted by molar-refractivity contribution is 7.92. The molecular weight excluding hydrogens is 561 g/mol. The lowest BCUT2D eigenvalue weighted by molar-refractivity contribution is -0.119. The third-order valence-corrected chi connectivity index (χ3v) is 7.81. The average molecular weight is 581 g/mol. The van der Waals surface area contributed by atoms with Crippen LogP contribution in [0.5, 0.6) is 0 Å². The lowest BCUT2D eigenvalue weighted by Crippen LogP contribution is -2.34. The largest absolute Gasteiger partial charge is 0.501 e. The number of pyridine rings is 1. The molecule has 0 bridgehead atoms. The molecular formula is C25H20ClF3N4O5S. The van der Waals surface area contributed by atoms with Gasteiger partial charge in [0.1, 0.15) is 6.04 Å². The monoisotopic (exact) mass is 580 g/mol. The van der Waals surface area contributed by atoms with E-state index in [0.717, 1.165) is 22.6 Å². The van der Waals surface area contributed by atoms with E-state index in [1.54, 1.807) is 24.3 Å². The number of nitrogens with one attached hydrogen (secondary N) is 1. The van der Waals surface area contributed by atoms with Gasteiger partial charge in [-0.05, 0) is 60.5 Å². The lowest BCUT2D eigenvalue weighted by atomic mass is 10.1. The molecule has 1 unspecified atom stereocenters. The van der Waals surface area contributed by atoms with Crippen molar-refractivity contribution in [3.63, 3.8) is 0 Å². The zero-order chi connectivity index (χ0) is 28.5. The summed E-state index contributed by atoms with van der Waals surface area (Å²) in [5, 5.41) is 3.31. The average Bonchev–Trinajstić information content (AvgIpc) is 3.10. The van der Waals surface area contributed by atoms with Crippen molar-refractivity contribution in [2.45, 2.75) is 36.5 Å². The second-order valence-corrected chi connectivity index (χ2v) is 10.9. The minimum atomic E-state index is -5.59. The molecule has 0 radical (unpaired) electrons. The third-order valence-electron chi connectivity index (χ3n) is 6.06. The maximum atomic E-state index is 13.2. The van der Waals surface area contributed by atoms with Crippen LogP contribution in [0.4, 0.5) is 23.7 Å². The number of sulfone groups is 1. The van der Waals surface area contributed by atoms with Crippen LogP contribution in [0.15, 0.2) is 71.9 Å². The predicted molar refractivity (Wildman–Crippen MR) is 134 cm³/mol. The molecule has 1 aliphatic heterocycles. The second kappa shape index (κ2) is 10.7. The summed E-state index contributed by atoms with van der Waals surface area (Å²) in [7, 11) is -5.59. The fourth-order valence-corrected chi connectivity index (χ4v) is 4.78. The van der Waals surface area contributed by atoms with Gasteiger partial charge >= 0.3 is 11.5 Å². The van der Waals surface area contributed by atoms with Crippen molar-refractivity contribution in [2.24, 2.45) is 0 Å². The number of amides is 4. The number of aromatic nitrogens is 1. The van der Waals surface area contributed by atoms with Gasteiger partial charge in [-0.1, -0.05) is 23.7 Å². The van der Waals surface area contributed by atoms with E-state index in [2.05, 4.69) is 10.3 Å². The molecule has 1 fully saturated rings. The number of rotatable bonds is 7. The molecule has 1 aromatic heterocycles. The minimum Gasteiger partial charge on any atom is -0.348 e. The predicted octanol–water partition coefficient (Wildman–Crippen LogP) is 4.32. The van der Waals surface area contributed by atoms with Crippen LogP contribution in [0.3, 0.4) is 0 Å². The molecule has 1 N–H and O–H groups in total. The van der Waals surface area contributed by atoms with E-state index >= 15 is 0 Å². The van der Waals surface area contributed by atoms with E-state index in [4.69, 9.17) is 11.6 Å². The first-order valence-corrected chi connectivity index (χ1v) is 13.2. The van der Waals surface area contributed by atoms with Crippen molar-refractivity contribution >= 4 is 45.0 Å². The number of hydrogen-bond acceptors (Lipinski definition) is 6. The van der Waals surface area contributed by atoms with Crippen molar-refractivity contribution in [3.8, 4) is 0 Å². The number of urea groups is 1. The van der Waals surface area contributed by atoms with Crippen molar-refractivity contribution in [3.05, 3.63) is 88.7 Å². The number of carbonyl (C=O) groups is 3. The fourth-order valence-electron chi connectivity index (χ4n) is 3.89. The van der Waals surface area contributed by atoms with E-state index in [-0.39, 0.29) is 24.3 Å². The molecule has 9 nitrogen and oxygen atoms in total. The lowest BCUT2D eigenvalue weighted by Gasteiger charge is -2.21. The Bertz CT molecular complexity index is 1530. The van der Waals surface area contributed by atoms with Gasteiger partial charge in [-0.3, -0.25) is 14.6 Å². The quantitative estimate of drug-likeness (QED) is 0.416. The zero-order valence-electron chi connectivity index (χ0n) is 20.1. The Balaban J connectivity index is 1.52. The number of benzene rings is 2. The van der Waals surface area contributed by atoms with Crippen LogP contribution in [0.25, 0.3) is 0 Å². The summed E-state index contributed by atoms with van der Waals surface area (Å²) >= 11 is 5.88. The fraction of sp³-hybridized carbons (Fsp3) is 0.200. The van der Waals surface area contributed by atoms with Gasteiger partial charge in [0.25, 0.3) is 21.7 Å². The molecule has 4 rings (SSSR count). The molecule has 14 heteroatoms. The molecule has 39 heavy (non-hydrogen) atoms. The number of halogens is 4. The van der Waals surface area contributed by atoms with Crippen molar-refractivity contribution < 1.29 is 36.0 Å². The van der Waals surface area contributed by atoms with Crippen LogP contribution >= 0.6 is 11.6 Å². The Labute approximate surface area is 226 Å². The van der Waals surface area contributed by atoms with E-state index in [1.807, 2.05) is 0 Å². The zero-order valence-corrected chi connectivity index (χ0v) is 21.7. The molecule has 2 heterocycles. The number of hydrogen-bond donors (Lipinski definition) is 1. The molecule has 2 aromatic carbocycles. The van der Waals surface area contributed by atoms with Crippen LogP contribution < -0.4 is 10.2 Å². The minimum absolute atomic E-state index is 0.101. The third kappa shape index (κ3) is 5.59. The van der Waals surface area contributed by atoms with Crippen LogP contribution in [0, 0.1) is 0 Å². The molecule has 1 atom stereocenters. The van der Waals surface area contributed by atoms with Crippen LogP contribution in [0.2, 0.25) is 5.02 Å². The molecule has 204 valence electrons. The van der Waals surface area contributed by atoms with E-state index < -0.39 is 44.1 Å². The Morgan fingerprint density at radius 3 is 2.31 bits per heavy atom. The molecule has 1 aliphatic rings. The Hall–Kier alpha value is -3.97. The number of anilines is 1. The molecule has 0 spiro atoms. The van der Waals surface area contributed by atoms with Crippen LogP contribution in [-0.2, 0) is 27.7 Å². The molecule has 1 saturated heterocycles. The summed E-state index contributed by atoms with van der Waals surface area (Å²) in [5.74, 6) is -1.13. The number of alkyl halides is 3. The highest BCUT2D eigenvalue weighted by atomic mass is 35.5. The van der Waals surface area contributed by atoms with Gasteiger partial charge in [0.2, 0.25) is 0 Å². The van der Waals surface area contributed by atoms with Gasteiger partial charge in [0, 0.05) is 30.5 Å². The highest BCUT2D eigenvalue weighted by Crippen LogP contribution is 2.33. The van der Waals surface area contributed by atoms with Crippen molar-refractivity contribution in [2.75, 3.05) is 4.90 Å². The first-order valence-electron chi connectivity index (χ1n) is 11.3. The maximum Gasteiger partial charge on any atom is 0.501 e. The summed E-state index contributed by atoms with van der Waals surface area (Å²) in [6.07, 6.45) is 2.76. The van der Waals surface area contributed by atoms with E-state index in [9.17, 15) is 36.0 Å². The van der Waals surface area contributed by atoms with E-state index in [1.165, 1.54) is 30.3 Å². The maximum absolute atomic E-state index is 13.2. The summed E-state index contributed by atoms with van der Waals surface area (Å²) in [5.41, 5.74) is -4.21. The van der Waals surface area contributed by atoms with Gasteiger partial charge in [0.15, 0.2) is 0 Å². The van der Waals surface area contributed by atoms with Crippen molar-refractivity contribution in [1.82, 2.24) is 15.2 Å². The van der Waals surface area contributed by atoms with Gasteiger partial charge in [-0.15, -0.1) is 0 Å². The number of carbonyl (C=O) groups excluding carboxylic acids is 3. The molecule has 0 saturated carbocycles. The van der Waals surface area contributed by atoms with Gasteiger partial charge < -0.3 is 10.2 Å². The number of imide groups is 1. The second-order valence-electron chi connectivity index (χ2n) is 8.55. The van der Waals surface area contributed by atoms with Gasteiger partial charge in [-0.2, -0.15) is 13.2 Å². The standard InChI is InChI=1S/C25H20ClF3N4O5S/c1-15-23(35)33(19-6-8-20(9-7-19)39(37,38)25(27,28)29)24(36)32(15)14-17-10-11-30-13-21(17)22(34)31-12-16-2-4-18(26)5-3-16/h2-11,13,15H,12,14H2,1H3,(H,31,34). The van der Waals surface area contributed by atoms with Crippen LogP contribution in [-0.4, -0.2) is 47.7 Å². The summed E-state index contributed by atoms with van der Waals surface area (Å²) in [4.78, 5) is 43.9. The van der Waals surface area contributed by atoms with Crippen LogP contribution in [0.1, 0.15) is 28.4 Å². The SMILES string of the molecule is CC1C(=O)N(c2ccc(S(=O)(=O)C(F)(F)F)cc2)C(=O)N1Cc1ccncc1C(=O)NCc1ccc(Cl)cc1. The highest BCUT2D eigenvalue weighted by Gasteiger charge is 2.47. The van der Waals surface area contributed by atoms with Crippen molar-refractivity contribution in [1.29, 1.82) is 0 Å². The molecule has 0 aliphatic carbocycles. The topological polar surface area (TPSA) is 117 Å². The Morgan fingerprint density at radius 2 is 1.69 bits per heavy atom. The summed E-state index contributed by atoms with van der Waals surface area (Å²) in [6, 6.07) is 9.90. The molecule has 4 amide bonds. The van der Waals surface area contributed by atoms with Gasteiger partial charge in [-0.25, -0.2) is 18.1 Å². The summed E-state index contributed by atoms with van der Waals surface area (Å²) < 4.78 is 61.8.